The highest BCUT2D eigenvalue weighted by Gasteiger charge is 2.52. The highest BCUT2D eigenvalue weighted by atomic mass is 35.5. The number of aromatic carboxylic acids is 1. The lowest BCUT2D eigenvalue weighted by Gasteiger charge is -2.38. The van der Waals surface area contributed by atoms with Crippen molar-refractivity contribution in [2.45, 2.75) is 109 Å². The maximum atomic E-state index is 14.6. The summed E-state index contributed by atoms with van der Waals surface area (Å²) in [7, 11) is 0. The fraction of sp³-hybridized carbons (Fsp3) is 0.647. The summed E-state index contributed by atoms with van der Waals surface area (Å²) in [6.45, 7) is 4.45. The maximum absolute atomic E-state index is 14.6. The first-order valence-electron chi connectivity index (χ1n) is 16.5. The van der Waals surface area contributed by atoms with Gasteiger partial charge in [0.15, 0.2) is 0 Å². The number of para-hydroxylation sites is 1. The van der Waals surface area contributed by atoms with Crippen LogP contribution in [0.3, 0.4) is 0 Å². The number of alkyl halides is 1. The fourth-order valence-electron chi connectivity index (χ4n) is 8.20. The molecule has 0 bridgehead atoms. The largest absolute Gasteiger partial charge is 0.477 e. The van der Waals surface area contributed by atoms with Crippen molar-refractivity contribution < 1.29 is 33.4 Å². The lowest BCUT2D eigenvalue weighted by Crippen LogP contribution is -2.52. The van der Waals surface area contributed by atoms with E-state index < -0.39 is 54.4 Å². The van der Waals surface area contributed by atoms with Crippen LogP contribution in [0.1, 0.15) is 102 Å². The number of nitrogens with zero attached hydrogens (tertiary/aromatic N) is 2. The summed E-state index contributed by atoms with van der Waals surface area (Å²) in [4.78, 5) is 54.5. The van der Waals surface area contributed by atoms with Gasteiger partial charge in [-0.1, -0.05) is 61.9 Å². The molecular formula is C34H46ClFN4O6. The number of alkyl carbamates (subject to hydrolysis) is 1. The van der Waals surface area contributed by atoms with E-state index in [1.54, 1.807) is 54.5 Å². The van der Waals surface area contributed by atoms with Crippen molar-refractivity contribution in [3.05, 3.63) is 35.0 Å². The van der Waals surface area contributed by atoms with E-state index in [1.165, 1.54) is 0 Å². The number of carboxylic acid groups (broad SMARTS) is 1. The van der Waals surface area contributed by atoms with Gasteiger partial charge in [-0.05, 0) is 76.7 Å². The Balaban J connectivity index is 1.46. The van der Waals surface area contributed by atoms with Gasteiger partial charge in [-0.25, -0.2) is 14.0 Å². The molecule has 2 heterocycles. The number of amides is 3. The molecule has 2 aliphatic carbocycles. The maximum Gasteiger partial charge on any atom is 0.407 e. The number of halogens is 2. The van der Waals surface area contributed by atoms with E-state index >= 15 is 0 Å². The van der Waals surface area contributed by atoms with Gasteiger partial charge in [-0.2, -0.15) is 0 Å². The molecule has 4 N–H and O–H groups in total. The topological polar surface area (TPSA) is 144 Å². The highest BCUT2D eigenvalue weighted by molar-refractivity contribution is 6.38. The van der Waals surface area contributed by atoms with Crippen LogP contribution in [0.4, 0.5) is 9.18 Å². The van der Waals surface area contributed by atoms with Crippen LogP contribution in [0.5, 0.6) is 0 Å². The van der Waals surface area contributed by atoms with Crippen LogP contribution >= 0.6 is 11.6 Å². The van der Waals surface area contributed by atoms with Crippen LogP contribution < -0.4 is 11.1 Å². The average molecular weight is 661 g/mol. The molecule has 3 amide bonds. The molecule has 3 aliphatic rings. The van der Waals surface area contributed by atoms with E-state index in [1.807, 2.05) is 0 Å². The summed E-state index contributed by atoms with van der Waals surface area (Å²) in [6, 6.07) is 5.46. The van der Waals surface area contributed by atoms with Crippen molar-refractivity contribution in [2.75, 3.05) is 6.67 Å². The first-order valence-corrected chi connectivity index (χ1v) is 16.9. The molecule has 1 aromatic heterocycles. The van der Waals surface area contributed by atoms with Crippen LogP contribution in [0.2, 0.25) is 5.02 Å². The second-order valence-corrected chi connectivity index (χ2v) is 14.6. The minimum Gasteiger partial charge on any atom is -0.477 e. The van der Waals surface area contributed by atoms with E-state index in [-0.39, 0.29) is 34.4 Å². The van der Waals surface area contributed by atoms with Gasteiger partial charge in [-0.3, -0.25) is 9.59 Å². The molecule has 5 rings (SSSR count). The van der Waals surface area contributed by atoms with E-state index in [0.717, 1.165) is 32.1 Å². The number of nitrogens with one attached hydrogen (secondary N) is 1. The predicted octanol–water partition coefficient (Wildman–Crippen LogP) is 6.44. The van der Waals surface area contributed by atoms with Gasteiger partial charge in [0.05, 0.1) is 16.6 Å². The molecule has 1 aromatic carbocycles. The third kappa shape index (κ3) is 6.85. The summed E-state index contributed by atoms with van der Waals surface area (Å²) >= 11 is 6.66. The number of nitrogens with two attached hydrogens (primary N) is 1. The number of hydrogen-bond donors (Lipinski definition) is 3. The van der Waals surface area contributed by atoms with Gasteiger partial charge in [-0.15, -0.1) is 0 Å². The summed E-state index contributed by atoms with van der Waals surface area (Å²) in [5.74, 6) is -2.79. The lowest BCUT2D eigenvalue weighted by molar-refractivity contribution is -0.146. The van der Waals surface area contributed by atoms with Crippen molar-refractivity contribution in [3.63, 3.8) is 0 Å². The molecule has 252 valence electrons. The van der Waals surface area contributed by atoms with Gasteiger partial charge in [0.25, 0.3) is 0 Å². The van der Waals surface area contributed by atoms with Gasteiger partial charge in [0.1, 0.15) is 30.2 Å². The van der Waals surface area contributed by atoms with E-state index in [2.05, 4.69) is 5.32 Å². The Kier molecular flexibility index (Phi) is 10.2. The highest BCUT2D eigenvalue weighted by Crippen LogP contribution is 2.49. The van der Waals surface area contributed by atoms with Gasteiger partial charge in [0.2, 0.25) is 11.8 Å². The van der Waals surface area contributed by atoms with Crippen LogP contribution in [-0.2, 0) is 14.3 Å². The SMILES string of the molecule is CC(C)(C)OC(=O)NC(CF)C1CCC(C(=O)N2C(n3c(C(=O)O)c(Cl)c4ccccc43)C[C@@H](C3CCCCC3)[C@H]2C(N)=O)CC1. The molecular weight excluding hydrogens is 615 g/mol. The minimum absolute atomic E-state index is 0.0856. The Morgan fingerprint density at radius 1 is 1.07 bits per heavy atom. The molecule has 1 saturated heterocycles. The third-order valence-electron chi connectivity index (χ3n) is 10.2. The molecule has 2 unspecified atom stereocenters. The fourth-order valence-corrected chi connectivity index (χ4v) is 8.53. The normalized spacial score (nSPS) is 26.5. The zero-order valence-corrected chi connectivity index (χ0v) is 27.6. The molecule has 10 nitrogen and oxygen atoms in total. The Bertz CT molecular complexity index is 1460. The summed E-state index contributed by atoms with van der Waals surface area (Å²) in [6.07, 6.45) is 5.78. The number of rotatable bonds is 8. The Hall–Kier alpha value is -3.34. The number of hydrogen-bond acceptors (Lipinski definition) is 5. The number of primary amides is 1. The van der Waals surface area contributed by atoms with E-state index in [0.29, 0.717) is 43.0 Å². The molecule has 0 spiro atoms. The van der Waals surface area contributed by atoms with E-state index in [9.17, 15) is 28.7 Å². The second kappa shape index (κ2) is 13.8. The molecule has 0 radical (unpaired) electrons. The number of likely N-dealkylation sites (tertiary alicyclic amines) is 1. The van der Waals surface area contributed by atoms with Crippen LogP contribution in [0.15, 0.2) is 24.3 Å². The zero-order valence-electron chi connectivity index (χ0n) is 26.8. The Morgan fingerprint density at radius 2 is 1.72 bits per heavy atom. The first-order chi connectivity index (χ1) is 21.8. The van der Waals surface area contributed by atoms with Crippen LogP contribution in [-0.4, -0.2) is 62.8 Å². The van der Waals surface area contributed by atoms with Crippen molar-refractivity contribution in [1.29, 1.82) is 0 Å². The minimum atomic E-state index is -1.22. The van der Waals surface area contributed by atoms with Crippen LogP contribution in [0.25, 0.3) is 10.9 Å². The molecule has 3 fully saturated rings. The number of carboxylic acids is 1. The number of carbonyl (C=O) groups is 4. The van der Waals surface area contributed by atoms with Gasteiger partial charge >= 0.3 is 12.1 Å². The number of ether oxygens (including phenoxy) is 1. The number of aromatic nitrogens is 1. The average Bonchev–Trinajstić information content (AvgIpc) is 3.55. The molecule has 2 aromatic rings. The smallest absolute Gasteiger partial charge is 0.407 e. The number of fused-ring (bicyclic) bond motifs is 1. The summed E-state index contributed by atoms with van der Waals surface area (Å²) in [5, 5.41) is 13.6. The third-order valence-corrected chi connectivity index (χ3v) is 10.6. The van der Waals surface area contributed by atoms with Crippen molar-refractivity contribution in [1.82, 2.24) is 14.8 Å². The Morgan fingerprint density at radius 3 is 2.30 bits per heavy atom. The Labute approximate surface area is 274 Å². The molecule has 46 heavy (non-hydrogen) atoms. The molecule has 1 aliphatic heterocycles. The van der Waals surface area contributed by atoms with E-state index in [4.69, 9.17) is 22.1 Å². The van der Waals surface area contributed by atoms with Crippen molar-refractivity contribution >= 4 is 46.4 Å². The van der Waals surface area contributed by atoms with Crippen LogP contribution in [0, 0.1) is 23.7 Å². The quantitative estimate of drug-likeness (QED) is 0.297. The first kappa shape index (κ1) is 34.0. The molecule has 4 atom stereocenters. The standard InChI is InChI=1S/C34H46ClFN4O6/c1-34(2,3)46-33(45)38-24(18-36)20-13-15-21(16-14-20)31(42)40-26(17-23(28(40)30(37)41)19-9-5-4-6-10-19)39-25-12-8-7-11-22(25)27(35)29(39)32(43)44/h7-8,11-12,19-21,23-24,26,28H,4-6,9-10,13-18H2,1-3H3,(H2,37,41)(H,38,45)(H,43,44)/t20?,21?,23-,24?,26?,28-/m0/s1. The predicted molar refractivity (Wildman–Crippen MR) is 172 cm³/mol. The number of carbonyl (C=O) groups excluding carboxylic acids is 3. The van der Waals surface area contributed by atoms with Crippen molar-refractivity contribution in [3.8, 4) is 0 Å². The summed E-state index contributed by atoms with van der Waals surface area (Å²) < 4.78 is 21.0. The van der Waals surface area contributed by atoms with Crippen molar-refractivity contribution in [2.24, 2.45) is 29.4 Å². The molecule has 2 saturated carbocycles. The second-order valence-electron chi connectivity index (χ2n) is 14.2. The lowest BCUT2D eigenvalue weighted by atomic mass is 9.76. The zero-order chi connectivity index (χ0) is 33.3. The molecule has 12 heteroatoms. The number of benzene rings is 1. The van der Waals surface area contributed by atoms with Gasteiger partial charge < -0.3 is 30.4 Å². The monoisotopic (exact) mass is 660 g/mol. The summed E-state index contributed by atoms with van der Waals surface area (Å²) in [5.41, 5.74) is 5.83. The van der Waals surface area contributed by atoms with Gasteiger partial charge in [0, 0.05) is 11.3 Å².